The zero-order valence-electron chi connectivity index (χ0n) is 15.7. The molecule has 0 saturated carbocycles. The maximum absolute atomic E-state index is 13.1. The number of hydrogen-bond acceptors (Lipinski definition) is 4. The Balaban J connectivity index is 1.37. The van der Waals surface area contributed by atoms with Crippen LogP contribution in [0.3, 0.4) is 0 Å². The fourth-order valence-electron chi connectivity index (χ4n) is 4.32. The number of nitrogens with zero attached hydrogens (tertiary/aromatic N) is 4. The van der Waals surface area contributed by atoms with Crippen molar-refractivity contribution in [3.8, 4) is 0 Å². The van der Waals surface area contributed by atoms with Crippen molar-refractivity contribution in [1.82, 2.24) is 25.0 Å². The average Bonchev–Trinajstić information content (AvgIpc) is 2.88. The maximum atomic E-state index is 13.1. The Kier molecular flexibility index (Phi) is 5.20. The molecule has 2 bridgehead atoms. The number of carbonyl (C=O) groups is 1. The van der Waals surface area contributed by atoms with Gasteiger partial charge in [-0.1, -0.05) is 12.1 Å². The molecule has 1 aromatic heterocycles. The minimum Gasteiger partial charge on any atom is -0.338 e. The summed E-state index contributed by atoms with van der Waals surface area (Å²) in [4.78, 5) is 21.6. The topological polar surface area (TPSA) is 65.1 Å². The van der Waals surface area contributed by atoms with E-state index in [1.165, 1.54) is 18.6 Å². The van der Waals surface area contributed by atoms with Crippen molar-refractivity contribution in [3.63, 3.8) is 0 Å². The van der Waals surface area contributed by atoms with E-state index in [1.54, 1.807) is 0 Å². The van der Waals surface area contributed by atoms with Gasteiger partial charge in [-0.15, -0.1) is 0 Å². The van der Waals surface area contributed by atoms with E-state index in [0.29, 0.717) is 24.6 Å². The van der Waals surface area contributed by atoms with Gasteiger partial charge in [0.05, 0.1) is 0 Å². The van der Waals surface area contributed by atoms with Crippen molar-refractivity contribution in [3.05, 3.63) is 47.3 Å². The van der Waals surface area contributed by atoms with Crippen molar-refractivity contribution in [1.29, 1.82) is 0 Å². The number of hydrogen-bond donors (Lipinski definition) is 1. The van der Waals surface area contributed by atoms with E-state index in [2.05, 4.69) is 25.0 Å². The summed E-state index contributed by atoms with van der Waals surface area (Å²) in [5.41, 5.74) is 1.12. The summed E-state index contributed by atoms with van der Waals surface area (Å²) in [7, 11) is 0. The summed E-state index contributed by atoms with van der Waals surface area (Å²) in [6, 6.07) is 7.00. The lowest BCUT2D eigenvalue weighted by Crippen LogP contribution is -2.47. The van der Waals surface area contributed by atoms with Crippen LogP contribution in [-0.2, 0) is 17.8 Å². The zero-order valence-corrected chi connectivity index (χ0v) is 15.7. The number of aromatic nitrogens is 3. The Morgan fingerprint density at radius 2 is 2.04 bits per heavy atom. The highest BCUT2D eigenvalue weighted by Crippen LogP contribution is 2.29. The van der Waals surface area contributed by atoms with Gasteiger partial charge in [0.25, 0.3) is 0 Å². The first-order valence-electron chi connectivity index (χ1n) is 9.71. The number of nitrogens with one attached hydrogen (secondary N) is 1. The molecule has 2 atom stereocenters. The third-order valence-electron chi connectivity index (χ3n) is 5.63. The van der Waals surface area contributed by atoms with Gasteiger partial charge in [0.2, 0.25) is 5.91 Å². The van der Waals surface area contributed by atoms with Crippen molar-refractivity contribution >= 4 is 5.91 Å². The molecule has 144 valence electrons. The molecule has 3 fully saturated rings. The Hall–Kier alpha value is -2.28. The molecule has 4 heterocycles. The summed E-state index contributed by atoms with van der Waals surface area (Å²) < 4.78 is 13.1. The van der Waals surface area contributed by atoms with Crippen LogP contribution in [0.15, 0.2) is 24.3 Å². The summed E-state index contributed by atoms with van der Waals surface area (Å²) in [6.45, 7) is 5.40. The highest BCUT2D eigenvalue weighted by Gasteiger charge is 2.36. The first kappa shape index (κ1) is 18.1. The van der Waals surface area contributed by atoms with Gasteiger partial charge in [-0.25, -0.2) is 9.37 Å². The quantitative estimate of drug-likeness (QED) is 0.876. The summed E-state index contributed by atoms with van der Waals surface area (Å²) >= 11 is 0. The van der Waals surface area contributed by atoms with E-state index in [0.717, 1.165) is 44.0 Å². The fourth-order valence-corrected chi connectivity index (χ4v) is 4.32. The second kappa shape index (κ2) is 7.76. The van der Waals surface area contributed by atoms with Crippen LogP contribution >= 0.6 is 0 Å². The van der Waals surface area contributed by atoms with Gasteiger partial charge in [-0.3, -0.25) is 14.8 Å². The SMILES string of the molecule is Cc1nc(CCC(=O)N2C[C@H]3CC[C@@H]2CN(Cc2ccc(F)cc2)C3)n[nH]1. The Bertz CT molecular complexity index is 790. The molecule has 0 spiro atoms. The van der Waals surface area contributed by atoms with Crippen LogP contribution in [-0.4, -0.2) is 56.6 Å². The molecular weight excluding hydrogens is 345 g/mol. The standard InChI is InChI=1S/C20H26FN5O/c1-14-22-19(24-23-14)8-9-20(27)26-12-16-4-7-18(26)13-25(11-16)10-15-2-5-17(21)6-3-15/h2-3,5-6,16,18H,4,7-13H2,1H3,(H,22,23,24)/t16-,18+/m0/s1. The highest BCUT2D eigenvalue weighted by molar-refractivity contribution is 5.77. The summed E-state index contributed by atoms with van der Waals surface area (Å²) in [6.07, 6.45) is 3.28. The van der Waals surface area contributed by atoms with Gasteiger partial charge in [-0.2, -0.15) is 5.10 Å². The van der Waals surface area contributed by atoms with Crippen LogP contribution < -0.4 is 0 Å². The fraction of sp³-hybridized carbons (Fsp3) is 0.550. The lowest BCUT2D eigenvalue weighted by Gasteiger charge is -2.36. The average molecular weight is 371 g/mol. The lowest BCUT2D eigenvalue weighted by molar-refractivity contribution is -0.135. The number of H-pyrrole nitrogens is 1. The number of amides is 1. The number of aryl methyl sites for hydroxylation is 2. The zero-order chi connectivity index (χ0) is 18.8. The van der Waals surface area contributed by atoms with Gasteiger partial charge in [-0.05, 0) is 43.4 Å². The molecular formula is C20H26FN5O. The minimum absolute atomic E-state index is 0.201. The van der Waals surface area contributed by atoms with Crippen LogP contribution in [0.4, 0.5) is 4.39 Å². The predicted octanol–water partition coefficient (Wildman–Crippen LogP) is 2.31. The number of aromatic amines is 1. The number of rotatable bonds is 5. The molecule has 2 aromatic rings. The largest absolute Gasteiger partial charge is 0.338 e. The van der Waals surface area contributed by atoms with E-state index in [4.69, 9.17) is 0 Å². The predicted molar refractivity (Wildman–Crippen MR) is 99.3 cm³/mol. The van der Waals surface area contributed by atoms with Crippen LogP contribution in [0.25, 0.3) is 0 Å². The molecule has 0 unspecified atom stereocenters. The molecule has 7 heteroatoms. The first-order chi connectivity index (χ1) is 13.1. The Morgan fingerprint density at radius 3 is 2.78 bits per heavy atom. The van der Waals surface area contributed by atoms with E-state index >= 15 is 0 Å². The number of benzene rings is 1. The molecule has 0 radical (unpaired) electrons. The minimum atomic E-state index is -0.201. The molecule has 5 rings (SSSR count). The van der Waals surface area contributed by atoms with E-state index < -0.39 is 0 Å². The first-order valence-corrected chi connectivity index (χ1v) is 9.71. The van der Waals surface area contributed by atoms with Crippen LogP contribution in [0.5, 0.6) is 0 Å². The normalized spacial score (nSPS) is 22.8. The molecule has 6 nitrogen and oxygen atoms in total. The van der Waals surface area contributed by atoms with Gasteiger partial charge in [0.15, 0.2) is 5.82 Å². The van der Waals surface area contributed by atoms with E-state index in [1.807, 2.05) is 19.1 Å². The van der Waals surface area contributed by atoms with Gasteiger partial charge in [0, 0.05) is 45.1 Å². The molecule has 1 aromatic carbocycles. The van der Waals surface area contributed by atoms with E-state index in [-0.39, 0.29) is 17.8 Å². The molecule has 1 N–H and O–H groups in total. The number of fused-ring (bicyclic) bond motifs is 4. The lowest BCUT2D eigenvalue weighted by atomic mass is 9.94. The number of halogens is 1. The number of carbonyl (C=O) groups excluding carboxylic acids is 1. The van der Waals surface area contributed by atoms with Gasteiger partial charge in [0.1, 0.15) is 11.6 Å². The van der Waals surface area contributed by atoms with Crippen LogP contribution in [0.2, 0.25) is 0 Å². The van der Waals surface area contributed by atoms with Crippen LogP contribution in [0, 0.1) is 18.7 Å². The summed E-state index contributed by atoms with van der Waals surface area (Å²) in [5.74, 6) is 2.00. The van der Waals surface area contributed by atoms with Crippen molar-refractivity contribution in [2.45, 2.75) is 45.2 Å². The highest BCUT2D eigenvalue weighted by atomic mass is 19.1. The van der Waals surface area contributed by atoms with Crippen molar-refractivity contribution in [2.75, 3.05) is 19.6 Å². The third-order valence-corrected chi connectivity index (χ3v) is 5.63. The van der Waals surface area contributed by atoms with Gasteiger partial charge < -0.3 is 4.90 Å². The summed E-state index contributed by atoms with van der Waals surface area (Å²) in [5, 5.41) is 6.95. The second-order valence-corrected chi connectivity index (χ2v) is 7.80. The monoisotopic (exact) mass is 371 g/mol. The second-order valence-electron chi connectivity index (χ2n) is 7.80. The smallest absolute Gasteiger partial charge is 0.223 e. The molecule has 3 aliphatic heterocycles. The Labute approximate surface area is 158 Å². The molecule has 27 heavy (non-hydrogen) atoms. The van der Waals surface area contributed by atoms with E-state index in [9.17, 15) is 9.18 Å². The van der Waals surface area contributed by atoms with Gasteiger partial charge >= 0.3 is 0 Å². The molecule has 0 aliphatic carbocycles. The van der Waals surface area contributed by atoms with Crippen LogP contribution in [0.1, 0.15) is 36.5 Å². The van der Waals surface area contributed by atoms with Crippen molar-refractivity contribution < 1.29 is 9.18 Å². The van der Waals surface area contributed by atoms with Crippen molar-refractivity contribution in [2.24, 2.45) is 5.92 Å². The third kappa shape index (κ3) is 4.35. The molecule has 1 amide bonds. The molecule has 3 saturated heterocycles. The number of piperidine rings is 1. The Morgan fingerprint density at radius 1 is 1.22 bits per heavy atom. The maximum Gasteiger partial charge on any atom is 0.223 e. The molecule has 3 aliphatic rings.